The van der Waals surface area contributed by atoms with Crippen LogP contribution in [0.25, 0.3) is 0 Å². The first-order valence-corrected chi connectivity index (χ1v) is 5.24. The number of halogens is 1. The van der Waals surface area contributed by atoms with Crippen molar-refractivity contribution >= 4 is 0 Å². The number of rotatable bonds is 1. The first-order valence-electron chi connectivity index (χ1n) is 5.24. The Hall–Kier alpha value is -0.150. The number of piperazine rings is 1. The first kappa shape index (κ1) is 9.41. The zero-order valence-electron chi connectivity index (χ0n) is 8.59. The lowest BCUT2D eigenvalue weighted by Gasteiger charge is -2.34. The molecule has 76 valence electrons. The van der Waals surface area contributed by atoms with Crippen LogP contribution in [0, 0.1) is 0 Å². The molecule has 2 atom stereocenters. The number of nitrogens with zero attached hydrogens (tertiary/aromatic N) is 2. The van der Waals surface area contributed by atoms with Crippen LogP contribution in [-0.4, -0.2) is 54.7 Å². The summed E-state index contributed by atoms with van der Waals surface area (Å²) in [6.07, 6.45) is 1.41. The fraction of sp³-hybridized carbons (Fsp3) is 1.00. The van der Waals surface area contributed by atoms with Crippen molar-refractivity contribution in [1.29, 1.82) is 0 Å². The van der Waals surface area contributed by atoms with E-state index in [1.807, 2.05) is 6.92 Å². The topological polar surface area (TPSA) is 6.48 Å². The Morgan fingerprint density at radius 2 is 2.23 bits per heavy atom. The maximum Gasteiger partial charge on any atom is 0.125 e. The van der Waals surface area contributed by atoms with Crippen molar-refractivity contribution in [2.75, 3.05) is 33.2 Å². The Morgan fingerprint density at radius 1 is 1.46 bits per heavy atom. The van der Waals surface area contributed by atoms with Gasteiger partial charge >= 0.3 is 0 Å². The maximum absolute atomic E-state index is 14.0. The molecular weight excluding hydrogens is 167 g/mol. The molecule has 0 radical (unpaired) electrons. The average Bonchev–Trinajstić information content (AvgIpc) is 2.42. The zero-order chi connectivity index (χ0) is 9.47. The molecule has 0 aromatic heterocycles. The Kier molecular flexibility index (Phi) is 2.32. The third kappa shape index (κ3) is 1.72. The minimum absolute atomic E-state index is 0.476. The first-order chi connectivity index (χ1) is 6.13. The smallest absolute Gasteiger partial charge is 0.125 e. The number of likely N-dealkylation sites (N-methyl/N-ethyl adjacent to an activating group) is 1. The van der Waals surface area contributed by atoms with Crippen molar-refractivity contribution in [3.8, 4) is 0 Å². The van der Waals surface area contributed by atoms with Crippen LogP contribution in [0.3, 0.4) is 0 Å². The predicted octanol–water partition coefficient (Wildman–Crippen LogP) is 1.12. The van der Waals surface area contributed by atoms with Gasteiger partial charge in [0.15, 0.2) is 0 Å². The van der Waals surface area contributed by atoms with Gasteiger partial charge in [0.25, 0.3) is 0 Å². The molecule has 0 aromatic carbocycles. The molecule has 2 aliphatic heterocycles. The van der Waals surface area contributed by atoms with Crippen molar-refractivity contribution in [3.05, 3.63) is 0 Å². The van der Waals surface area contributed by atoms with E-state index in [4.69, 9.17) is 0 Å². The summed E-state index contributed by atoms with van der Waals surface area (Å²) in [6.45, 7) is 5.82. The van der Waals surface area contributed by atoms with Gasteiger partial charge in [-0.3, -0.25) is 4.90 Å². The van der Waals surface area contributed by atoms with Gasteiger partial charge in [0.05, 0.1) is 0 Å². The maximum atomic E-state index is 14.0. The summed E-state index contributed by atoms with van der Waals surface area (Å²) >= 11 is 0. The third-order valence-electron chi connectivity index (χ3n) is 3.53. The molecule has 0 N–H and O–H groups in total. The molecule has 2 rings (SSSR count). The number of hydrogen-bond donors (Lipinski definition) is 0. The molecule has 2 fully saturated rings. The number of alkyl halides is 1. The van der Waals surface area contributed by atoms with E-state index in [9.17, 15) is 4.39 Å². The van der Waals surface area contributed by atoms with Gasteiger partial charge in [-0.2, -0.15) is 0 Å². The highest BCUT2D eigenvalue weighted by Crippen LogP contribution is 2.34. The summed E-state index contributed by atoms with van der Waals surface area (Å²) in [7, 11) is 2.13. The Balaban J connectivity index is 2.02. The molecule has 0 bridgehead atoms. The van der Waals surface area contributed by atoms with Crippen molar-refractivity contribution < 1.29 is 4.39 Å². The van der Waals surface area contributed by atoms with Gasteiger partial charge in [0.1, 0.15) is 5.67 Å². The molecular formula is C10H19FN2. The van der Waals surface area contributed by atoms with Gasteiger partial charge in [0, 0.05) is 32.2 Å². The lowest BCUT2D eigenvalue weighted by molar-refractivity contribution is 0.117. The minimum Gasteiger partial charge on any atom is -0.304 e. The standard InChI is InChI=1S/C10H19FN2/c1-3-10(11)6-9-7-12(2)4-5-13(9)8-10/h9H,3-8H2,1-2H3. The fourth-order valence-electron chi connectivity index (χ4n) is 2.56. The van der Waals surface area contributed by atoms with Crippen molar-refractivity contribution in [3.63, 3.8) is 0 Å². The molecule has 2 unspecified atom stereocenters. The average molecular weight is 186 g/mol. The Bertz CT molecular complexity index is 197. The van der Waals surface area contributed by atoms with Crippen LogP contribution < -0.4 is 0 Å². The summed E-state index contributed by atoms with van der Waals surface area (Å²) in [6, 6.07) is 0.476. The van der Waals surface area contributed by atoms with Crippen molar-refractivity contribution in [2.45, 2.75) is 31.5 Å². The molecule has 0 aliphatic carbocycles. The van der Waals surface area contributed by atoms with E-state index in [-0.39, 0.29) is 0 Å². The predicted molar refractivity (Wildman–Crippen MR) is 51.6 cm³/mol. The van der Waals surface area contributed by atoms with Gasteiger partial charge in [-0.05, 0) is 19.9 Å². The van der Waals surface area contributed by atoms with Crippen LogP contribution in [0.1, 0.15) is 19.8 Å². The molecule has 13 heavy (non-hydrogen) atoms. The summed E-state index contributed by atoms with van der Waals surface area (Å²) in [5.74, 6) is 0. The number of hydrogen-bond acceptors (Lipinski definition) is 2. The largest absolute Gasteiger partial charge is 0.304 e. The van der Waals surface area contributed by atoms with Gasteiger partial charge in [0.2, 0.25) is 0 Å². The lowest BCUT2D eigenvalue weighted by atomic mass is 9.99. The van der Waals surface area contributed by atoms with Crippen LogP contribution >= 0.6 is 0 Å². The molecule has 2 heterocycles. The van der Waals surface area contributed by atoms with E-state index in [0.717, 1.165) is 26.1 Å². The fourth-order valence-corrected chi connectivity index (χ4v) is 2.56. The zero-order valence-corrected chi connectivity index (χ0v) is 8.59. The molecule has 3 heteroatoms. The highest BCUT2D eigenvalue weighted by Gasteiger charge is 2.44. The van der Waals surface area contributed by atoms with Gasteiger partial charge in [-0.15, -0.1) is 0 Å². The van der Waals surface area contributed by atoms with Gasteiger partial charge in [-0.25, -0.2) is 4.39 Å². The summed E-state index contributed by atoms with van der Waals surface area (Å²) in [5, 5.41) is 0. The molecule has 2 nitrogen and oxygen atoms in total. The van der Waals surface area contributed by atoms with E-state index in [0.29, 0.717) is 19.0 Å². The molecule has 0 saturated carbocycles. The van der Waals surface area contributed by atoms with Crippen LogP contribution in [0.15, 0.2) is 0 Å². The normalized spacial score (nSPS) is 42.2. The van der Waals surface area contributed by atoms with E-state index in [2.05, 4.69) is 16.8 Å². The third-order valence-corrected chi connectivity index (χ3v) is 3.53. The van der Waals surface area contributed by atoms with Crippen LogP contribution in [0.5, 0.6) is 0 Å². The lowest BCUT2D eigenvalue weighted by Crippen LogP contribution is -2.48. The highest BCUT2D eigenvalue weighted by molar-refractivity contribution is 4.98. The Labute approximate surface area is 79.7 Å². The number of fused-ring (bicyclic) bond motifs is 1. The van der Waals surface area contributed by atoms with Crippen molar-refractivity contribution in [1.82, 2.24) is 9.80 Å². The molecule has 0 aromatic rings. The van der Waals surface area contributed by atoms with E-state index in [1.165, 1.54) is 0 Å². The SMILES string of the molecule is CCC1(F)CC2CN(C)CCN2C1. The monoisotopic (exact) mass is 186 g/mol. The van der Waals surface area contributed by atoms with Crippen LogP contribution in [0.4, 0.5) is 4.39 Å². The van der Waals surface area contributed by atoms with E-state index in [1.54, 1.807) is 0 Å². The summed E-state index contributed by atoms with van der Waals surface area (Å²) < 4.78 is 14.0. The van der Waals surface area contributed by atoms with E-state index >= 15 is 0 Å². The minimum atomic E-state index is -0.893. The van der Waals surface area contributed by atoms with Crippen molar-refractivity contribution in [2.24, 2.45) is 0 Å². The second-order valence-corrected chi connectivity index (χ2v) is 4.60. The molecule has 0 amide bonds. The van der Waals surface area contributed by atoms with Crippen LogP contribution in [-0.2, 0) is 0 Å². The summed E-state index contributed by atoms with van der Waals surface area (Å²) in [4.78, 5) is 4.63. The molecule has 2 aliphatic rings. The van der Waals surface area contributed by atoms with Gasteiger partial charge in [-0.1, -0.05) is 6.92 Å². The Morgan fingerprint density at radius 3 is 2.92 bits per heavy atom. The quantitative estimate of drug-likeness (QED) is 0.605. The second kappa shape index (κ2) is 3.21. The highest BCUT2D eigenvalue weighted by atomic mass is 19.1. The van der Waals surface area contributed by atoms with E-state index < -0.39 is 5.67 Å². The van der Waals surface area contributed by atoms with Crippen LogP contribution in [0.2, 0.25) is 0 Å². The molecule has 2 saturated heterocycles. The van der Waals surface area contributed by atoms with Gasteiger partial charge < -0.3 is 4.90 Å². The summed E-state index contributed by atoms with van der Waals surface area (Å²) in [5.41, 5.74) is -0.893. The second-order valence-electron chi connectivity index (χ2n) is 4.60. The molecule has 0 spiro atoms.